The van der Waals surface area contributed by atoms with E-state index in [1.54, 1.807) is 0 Å². The van der Waals surface area contributed by atoms with Gasteiger partial charge in [-0.25, -0.2) is 0 Å². The molecule has 0 saturated carbocycles. The van der Waals surface area contributed by atoms with Crippen LogP contribution in [-0.2, 0) is 8.62 Å². The fourth-order valence-electron chi connectivity index (χ4n) is 1.27. The summed E-state index contributed by atoms with van der Waals surface area (Å²) < 4.78 is 4.43. The number of carbonyl (C=O) groups excluding carboxylic acids is 1. The third-order valence-electron chi connectivity index (χ3n) is 2.61. The Morgan fingerprint density at radius 1 is 1.46 bits per heavy atom. The van der Waals surface area contributed by atoms with Crippen LogP contribution in [0.25, 0.3) is 0 Å². The summed E-state index contributed by atoms with van der Waals surface area (Å²) in [6, 6.07) is 0. The molecule has 0 aliphatic rings. The Balaban J connectivity index is 4.09. The number of halogens is 1. The fourth-order valence-corrected chi connectivity index (χ4v) is 1.41. The van der Waals surface area contributed by atoms with E-state index in [0.717, 1.165) is 0 Å². The Kier molecular flexibility index (Phi) is 6.33. The van der Waals surface area contributed by atoms with Crippen molar-refractivity contribution in [2.45, 2.75) is 27.2 Å². The van der Waals surface area contributed by atoms with Gasteiger partial charge in [-0.05, 0) is 24.3 Å². The van der Waals surface area contributed by atoms with Gasteiger partial charge in [0.2, 0.25) is 0 Å². The summed E-state index contributed by atoms with van der Waals surface area (Å²) in [6.07, 6.45) is 0.390. The molecule has 0 aromatic heterocycles. The van der Waals surface area contributed by atoms with Gasteiger partial charge in [-0.1, -0.05) is 20.8 Å². The molecule has 0 saturated heterocycles. The second-order valence-corrected chi connectivity index (χ2v) is 4.08. The van der Waals surface area contributed by atoms with Crippen LogP contribution >= 0.6 is 16.3 Å². The molecule has 4 heteroatoms. The molecule has 0 bridgehead atoms. The summed E-state index contributed by atoms with van der Waals surface area (Å²) in [5, 5.41) is 0. The van der Waals surface area contributed by atoms with Gasteiger partial charge in [0.25, 0.3) is 0 Å². The second kappa shape index (κ2) is 6.38. The zero-order chi connectivity index (χ0) is 10.4. The highest BCUT2D eigenvalue weighted by Crippen LogP contribution is 2.23. The van der Waals surface area contributed by atoms with Gasteiger partial charge in [-0.15, -0.1) is 0 Å². The van der Waals surface area contributed by atoms with Gasteiger partial charge in [-0.2, -0.15) is 0 Å². The van der Waals surface area contributed by atoms with E-state index in [0.29, 0.717) is 24.8 Å². The zero-order valence-corrected chi connectivity index (χ0v) is 10.0. The molecule has 0 unspecified atom stereocenters. The van der Waals surface area contributed by atoms with E-state index in [-0.39, 0.29) is 11.9 Å². The average molecular weight is 252 g/mol. The lowest BCUT2D eigenvalue weighted by atomic mass is 9.83. The van der Waals surface area contributed by atoms with Gasteiger partial charge < -0.3 is 9.56 Å². The van der Waals surface area contributed by atoms with Crippen LogP contribution in [-0.4, -0.2) is 12.5 Å². The smallest absolute Gasteiger partial charge is 0.317 e. The number of hydrogen-bond donors (Lipinski definition) is 1. The first-order valence-electron chi connectivity index (χ1n) is 4.54. The lowest BCUT2D eigenvalue weighted by molar-refractivity contribution is -0.133. The second-order valence-electron chi connectivity index (χ2n) is 3.75. The topological polar surface area (TPSA) is 52.3 Å². The number of hydrogen-bond acceptors (Lipinski definition) is 3. The van der Waals surface area contributed by atoms with Crippen LogP contribution < -0.4 is 5.73 Å². The molecular formula is C9H18BrNO2. The van der Waals surface area contributed by atoms with E-state index < -0.39 is 0 Å². The highest BCUT2D eigenvalue weighted by Gasteiger charge is 2.22. The van der Waals surface area contributed by atoms with Crippen LogP contribution in [0.5, 0.6) is 0 Å². The lowest BCUT2D eigenvalue weighted by Gasteiger charge is -2.24. The van der Waals surface area contributed by atoms with E-state index in [2.05, 4.69) is 40.9 Å². The highest BCUT2D eigenvalue weighted by atomic mass is 79.9. The molecular weight excluding hydrogens is 234 g/mol. The van der Waals surface area contributed by atoms with Crippen molar-refractivity contribution >= 4 is 22.2 Å². The molecule has 0 heterocycles. The predicted molar refractivity (Wildman–Crippen MR) is 56.2 cm³/mol. The first kappa shape index (κ1) is 12.9. The van der Waals surface area contributed by atoms with Crippen molar-refractivity contribution in [2.24, 2.45) is 23.5 Å². The normalized spacial score (nSPS) is 15.5. The molecule has 0 rings (SSSR count). The molecule has 0 spiro atoms. The van der Waals surface area contributed by atoms with Crippen LogP contribution in [0.4, 0.5) is 0 Å². The Morgan fingerprint density at radius 3 is 2.31 bits per heavy atom. The molecule has 78 valence electrons. The van der Waals surface area contributed by atoms with Crippen molar-refractivity contribution in [3.05, 3.63) is 0 Å². The third kappa shape index (κ3) is 4.62. The van der Waals surface area contributed by atoms with E-state index in [1.165, 1.54) is 0 Å². The Morgan fingerprint density at radius 2 is 2.00 bits per heavy atom. The minimum atomic E-state index is -0.247. The van der Waals surface area contributed by atoms with Crippen molar-refractivity contribution in [2.75, 3.05) is 6.54 Å². The van der Waals surface area contributed by atoms with Gasteiger partial charge in [0.05, 0.1) is 6.42 Å². The van der Waals surface area contributed by atoms with Crippen LogP contribution in [0.2, 0.25) is 0 Å². The Labute approximate surface area is 88.5 Å². The fraction of sp³-hybridized carbons (Fsp3) is 0.889. The Hall–Kier alpha value is -0.0900. The molecule has 0 aromatic carbocycles. The summed E-state index contributed by atoms with van der Waals surface area (Å²) in [7, 11) is 0. The summed E-state index contributed by atoms with van der Waals surface area (Å²) >= 11 is 2.67. The molecule has 0 radical (unpaired) electrons. The zero-order valence-electron chi connectivity index (χ0n) is 8.42. The van der Waals surface area contributed by atoms with E-state index in [4.69, 9.17) is 5.73 Å². The van der Waals surface area contributed by atoms with Crippen molar-refractivity contribution in [1.82, 2.24) is 0 Å². The average Bonchev–Trinajstić information content (AvgIpc) is 2.12. The van der Waals surface area contributed by atoms with Gasteiger partial charge in [-0.3, -0.25) is 4.79 Å². The molecule has 2 N–H and O–H groups in total. The number of carbonyl (C=O) groups is 1. The summed E-state index contributed by atoms with van der Waals surface area (Å²) in [5.74, 6) is 0.946. The molecule has 0 aliphatic carbocycles. The quantitative estimate of drug-likeness (QED) is 0.815. The van der Waals surface area contributed by atoms with Crippen LogP contribution in [0.15, 0.2) is 0 Å². The summed E-state index contributed by atoms with van der Waals surface area (Å²) in [6.45, 7) is 6.91. The van der Waals surface area contributed by atoms with E-state index in [1.807, 2.05) is 0 Å². The van der Waals surface area contributed by atoms with E-state index in [9.17, 15) is 4.79 Å². The highest BCUT2D eigenvalue weighted by molar-refractivity contribution is 9.06. The van der Waals surface area contributed by atoms with Gasteiger partial charge >= 0.3 is 5.97 Å². The van der Waals surface area contributed by atoms with Gasteiger partial charge in [0.1, 0.15) is 0 Å². The van der Waals surface area contributed by atoms with E-state index >= 15 is 0 Å². The third-order valence-corrected chi connectivity index (χ3v) is 2.97. The maximum absolute atomic E-state index is 11.0. The maximum Gasteiger partial charge on any atom is 0.317 e. The number of nitrogens with two attached hydrogens (primary N) is 1. The molecule has 0 aliphatic heterocycles. The van der Waals surface area contributed by atoms with Gasteiger partial charge in [0, 0.05) is 0 Å². The first-order chi connectivity index (χ1) is 6.02. The Bertz CT molecular complexity index is 162. The van der Waals surface area contributed by atoms with Crippen LogP contribution in [0, 0.1) is 17.8 Å². The monoisotopic (exact) mass is 251 g/mol. The SMILES string of the molecule is CC(C)[C@@H](C)[C@H](CN)CC(=O)OBr. The van der Waals surface area contributed by atoms with Crippen molar-refractivity contribution in [3.8, 4) is 0 Å². The summed E-state index contributed by atoms with van der Waals surface area (Å²) in [4.78, 5) is 11.0. The molecule has 2 atom stereocenters. The van der Waals surface area contributed by atoms with Crippen molar-refractivity contribution in [3.63, 3.8) is 0 Å². The molecule has 3 nitrogen and oxygen atoms in total. The minimum absolute atomic E-state index is 0.213. The number of rotatable bonds is 5. The lowest BCUT2D eigenvalue weighted by Crippen LogP contribution is -2.27. The molecule has 0 aromatic rings. The molecule has 0 fully saturated rings. The van der Waals surface area contributed by atoms with Crippen molar-refractivity contribution in [1.29, 1.82) is 0 Å². The minimum Gasteiger partial charge on any atom is -0.384 e. The molecule has 0 amide bonds. The van der Waals surface area contributed by atoms with Crippen molar-refractivity contribution < 1.29 is 8.62 Å². The molecule has 13 heavy (non-hydrogen) atoms. The van der Waals surface area contributed by atoms with Crippen LogP contribution in [0.3, 0.4) is 0 Å². The maximum atomic E-state index is 11.0. The van der Waals surface area contributed by atoms with Gasteiger partial charge in [0.15, 0.2) is 16.3 Å². The first-order valence-corrected chi connectivity index (χ1v) is 5.19. The standard InChI is InChI=1S/C9H18BrNO2/c1-6(2)7(3)8(5-11)4-9(12)13-10/h6-8H,4-5,11H2,1-3H3/t7-,8+/m1/s1. The summed E-state index contributed by atoms with van der Waals surface area (Å²) in [5.41, 5.74) is 5.59. The largest absolute Gasteiger partial charge is 0.384 e. The predicted octanol–water partition coefficient (Wildman–Crippen LogP) is 2.10. The van der Waals surface area contributed by atoms with Crippen LogP contribution in [0.1, 0.15) is 27.2 Å².